The maximum absolute atomic E-state index is 12.9. The molecule has 1 N–H and O–H groups in total. The van der Waals surface area contributed by atoms with Gasteiger partial charge in [-0.25, -0.2) is 8.42 Å². The van der Waals surface area contributed by atoms with Crippen molar-refractivity contribution < 1.29 is 26.4 Å². The molecule has 0 heterocycles. The standard InChI is InChI=1S/C20H23F3N2O3S2/c1-15-6-8-16(9-7-15)14-29-11-10-24-19(26)13-25(30(2,27)28)18-5-3-4-17(12-18)20(21,22)23/h3-9,12H,10-11,13-14H2,1-2H3,(H,24,26). The van der Waals surface area contributed by atoms with Crippen molar-refractivity contribution >= 4 is 33.4 Å². The molecule has 1 amide bonds. The number of rotatable bonds is 9. The second-order valence-corrected chi connectivity index (χ2v) is 9.72. The maximum atomic E-state index is 12.9. The second kappa shape index (κ2) is 10.2. The van der Waals surface area contributed by atoms with Gasteiger partial charge in [-0.15, -0.1) is 0 Å². The van der Waals surface area contributed by atoms with Gasteiger partial charge in [0, 0.05) is 18.1 Å². The minimum Gasteiger partial charge on any atom is -0.354 e. The number of thioether (sulfide) groups is 1. The number of hydrogen-bond donors (Lipinski definition) is 1. The van der Waals surface area contributed by atoms with Crippen molar-refractivity contribution in [2.45, 2.75) is 18.9 Å². The Bertz CT molecular complexity index is 962. The summed E-state index contributed by atoms with van der Waals surface area (Å²) < 4.78 is 63.5. The fraction of sp³-hybridized carbons (Fsp3) is 0.350. The molecule has 5 nitrogen and oxygen atoms in total. The first-order valence-corrected chi connectivity index (χ1v) is 12.0. The summed E-state index contributed by atoms with van der Waals surface area (Å²) in [4.78, 5) is 12.2. The quantitative estimate of drug-likeness (QED) is 0.578. The summed E-state index contributed by atoms with van der Waals surface area (Å²) >= 11 is 1.61. The van der Waals surface area contributed by atoms with Gasteiger partial charge in [-0.2, -0.15) is 24.9 Å². The van der Waals surface area contributed by atoms with E-state index in [1.807, 2.05) is 31.2 Å². The van der Waals surface area contributed by atoms with E-state index in [1.165, 1.54) is 11.6 Å². The summed E-state index contributed by atoms with van der Waals surface area (Å²) in [5.41, 5.74) is 1.13. The number of amides is 1. The minimum atomic E-state index is -4.61. The highest BCUT2D eigenvalue weighted by molar-refractivity contribution is 7.98. The number of carbonyl (C=O) groups excluding carboxylic acids is 1. The van der Waals surface area contributed by atoms with Gasteiger partial charge in [0.25, 0.3) is 0 Å². The molecule has 10 heteroatoms. The zero-order chi connectivity index (χ0) is 22.4. The van der Waals surface area contributed by atoms with E-state index < -0.39 is 34.2 Å². The number of carbonyl (C=O) groups is 1. The predicted molar refractivity (Wildman–Crippen MR) is 114 cm³/mol. The molecule has 0 saturated heterocycles. The van der Waals surface area contributed by atoms with Crippen molar-refractivity contribution in [1.29, 1.82) is 0 Å². The van der Waals surface area contributed by atoms with Crippen molar-refractivity contribution in [3.05, 3.63) is 65.2 Å². The average molecular weight is 461 g/mol. The van der Waals surface area contributed by atoms with Gasteiger partial charge in [-0.1, -0.05) is 35.9 Å². The number of aryl methyl sites for hydroxylation is 1. The van der Waals surface area contributed by atoms with Crippen LogP contribution in [0.15, 0.2) is 48.5 Å². The van der Waals surface area contributed by atoms with E-state index in [0.29, 0.717) is 22.7 Å². The molecule has 2 aromatic carbocycles. The van der Waals surface area contributed by atoms with Crippen molar-refractivity contribution in [3.63, 3.8) is 0 Å². The van der Waals surface area contributed by atoms with Crippen LogP contribution >= 0.6 is 11.8 Å². The Morgan fingerprint density at radius 1 is 1.13 bits per heavy atom. The SMILES string of the molecule is Cc1ccc(CSCCNC(=O)CN(c2cccc(C(F)(F)F)c2)S(C)(=O)=O)cc1. The third kappa shape index (κ3) is 7.56. The normalized spacial score (nSPS) is 11.9. The second-order valence-electron chi connectivity index (χ2n) is 6.71. The van der Waals surface area contributed by atoms with Crippen LogP contribution in [0.5, 0.6) is 0 Å². The lowest BCUT2D eigenvalue weighted by Gasteiger charge is -2.22. The summed E-state index contributed by atoms with van der Waals surface area (Å²) in [5, 5.41) is 2.61. The summed E-state index contributed by atoms with van der Waals surface area (Å²) in [6.45, 7) is 1.73. The Hall–Kier alpha value is -2.20. The first-order valence-electron chi connectivity index (χ1n) is 9.02. The fourth-order valence-electron chi connectivity index (χ4n) is 2.56. The van der Waals surface area contributed by atoms with Crippen LogP contribution in [0.1, 0.15) is 16.7 Å². The van der Waals surface area contributed by atoms with Crippen LogP contribution in [-0.2, 0) is 26.7 Å². The molecule has 0 fully saturated rings. The summed E-state index contributed by atoms with van der Waals surface area (Å²) in [5.74, 6) is 0.798. The average Bonchev–Trinajstić information content (AvgIpc) is 2.66. The molecule has 0 aliphatic heterocycles. The fourth-order valence-corrected chi connectivity index (χ4v) is 4.23. The number of alkyl halides is 3. The zero-order valence-electron chi connectivity index (χ0n) is 16.6. The zero-order valence-corrected chi connectivity index (χ0v) is 18.2. The first-order chi connectivity index (χ1) is 14.0. The Labute approximate surface area is 178 Å². The smallest absolute Gasteiger partial charge is 0.354 e. The number of sulfonamides is 1. The van der Waals surface area contributed by atoms with Crippen molar-refractivity contribution in [3.8, 4) is 0 Å². The van der Waals surface area contributed by atoms with Gasteiger partial charge in [0.15, 0.2) is 0 Å². The highest BCUT2D eigenvalue weighted by Crippen LogP contribution is 2.32. The van der Waals surface area contributed by atoms with Crippen LogP contribution in [0.3, 0.4) is 0 Å². The van der Waals surface area contributed by atoms with Gasteiger partial charge >= 0.3 is 6.18 Å². The van der Waals surface area contributed by atoms with E-state index in [4.69, 9.17) is 0 Å². The number of anilines is 1. The molecule has 0 bridgehead atoms. The third-order valence-electron chi connectivity index (χ3n) is 4.11. The number of nitrogens with zero attached hydrogens (tertiary/aromatic N) is 1. The van der Waals surface area contributed by atoms with E-state index >= 15 is 0 Å². The van der Waals surface area contributed by atoms with Crippen LogP contribution in [0.4, 0.5) is 18.9 Å². The molecule has 0 spiro atoms. The van der Waals surface area contributed by atoms with Crippen molar-refractivity contribution in [2.24, 2.45) is 0 Å². The van der Waals surface area contributed by atoms with Crippen molar-refractivity contribution in [1.82, 2.24) is 5.32 Å². The number of benzene rings is 2. The van der Waals surface area contributed by atoms with E-state index in [0.717, 1.165) is 29.7 Å². The van der Waals surface area contributed by atoms with Gasteiger partial charge in [0.05, 0.1) is 17.5 Å². The Balaban J connectivity index is 1.91. The third-order valence-corrected chi connectivity index (χ3v) is 6.28. The highest BCUT2D eigenvalue weighted by atomic mass is 32.2. The minimum absolute atomic E-state index is 0.212. The summed E-state index contributed by atoms with van der Waals surface area (Å²) in [6.07, 6.45) is -3.77. The molecular weight excluding hydrogens is 437 g/mol. The van der Waals surface area contributed by atoms with Gasteiger partial charge < -0.3 is 5.32 Å². The summed E-state index contributed by atoms with van der Waals surface area (Å²) in [7, 11) is -3.95. The predicted octanol–water partition coefficient (Wildman–Crippen LogP) is 3.83. The molecule has 0 aliphatic carbocycles. The molecule has 164 valence electrons. The van der Waals surface area contributed by atoms with Crippen LogP contribution in [0, 0.1) is 6.92 Å². The lowest BCUT2D eigenvalue weighted by atomic mass is 10.2. The number of halogens is 3. The molecule has 0 aliphatic rings. The first kappa shape index (κ1) is 24.1. The Kier molecular flexibility index (Phi) is 8.19. The summed E-state index contributed by atoms with van der Waals surface area (Å²) in [6, 6.07) is 12.0. The molecule has 0 radical (unpaired) electrons. The van der Waals surface area contributed by atoms with E-state index in [9.17, 15) is 26.4 Å². The monoisotopic (exact) mass is 460 g/mol. The molecule has 0 atom stereocenters. The lowest BCUT2D eigenvalue weighted by Crippen LogP contribution is -2.41. The highest BCUT2D eigenvalue weighted by Gasteiger charge is 2.31. The lowest BCUT2D eigenvalue weighted by molar-refractivity contribution is -0.137. The Morgan fingerprint density at radius 3 is 2.40 bits per heavy atom. The van der Waals surface area contributed by atoms with Crippen LogP contribution in [0.2, 0.25) is 0 Å². The molecule has 2 rings (SSSR count). The molecule has 0 saturated carbocycles. The van der Waals surface area contributed by atoms with Gasteiger partial charge in [0.1, 0.15) is 6.54 Å². The van der Waals surface area contributed by atoms with Crippen LogP contribution < -0.4 is 9.62 Å². The van der Waals surface area contributed by atoms with Crippen LogP contribution in [0.25, 0.3) is 0 Å². The van der Waals surface area contributed by atoms with Gasteiger partial charge in [-0.3, -0.25) is 9.10 Å². The van der Waals surface area contributed by atoms with Gasteiger partial charge in [0.2, 0.25) is 15.9 Å². The van der Waals surface area contributed by atoms with Crippen LogP contribution in [-0.4, -0.2) is 39.4 Å². The van der Waals surface area contributed by atoms with E-state index in [-0.39, 0.29) is 5.69 Å². The molecule has 2 aromatic rings. The van der Waals surface area contributed by atoms with Crippen molar-refractivity contribution in [2.75, 3.05) is 29.4 Å². The maximum Gasteiger partial charge on any atom is 0.416 e. The number of hydrogen-bond acceptors (Lipinski definition) is 4. The largest absolute Gasteiger partial charge is 0.416 e. The molecule has 30 heavy (non-hydrogen) atoms. The topological polar surface area (TPSA) is 66.5 Å². The Morgan fingerprint density at radius 2 is 1.80 bits per heavy atom. The molecule has 0 unspecified atom stereocenters. The van der Waals surface area contributed by atoms with E-state index in [2.05, 4.69) is 5.32 Å². The van der Waals surface area contributed by atoms with E-state index in [1.54, 1.807) is 11.8 Å². The van der Waals surface area contributed by atoms with Gasteiger partial charge in [-0.05, 0) is 30.7 Å². The molecular formula is C20H23F3N2O3S2. The number of nitrogens with one attached hydrogen (secondary N) is 1. The molecule has 0 aromatic heterocycles.